The Morgan fingerprint density at radius 2 is 2.00 bits per heavy atom. The molecule has 0 fully saturated rings. The molecule has 1 rings (SSSR count). The Labute approximate surface area is 114 Å². The summed E-state index contributed by atoms with van der Waals surface area (Å²) in [6, 6.07) is 4.12. The van der Waals surface area contributed by atoms with E-state index in [-0.39, 0.29) is 28.6 Å². The van der Waals surface area contributed by atoms with Gasteiger partial charge in [0.15, 0.2) is 0 Å². The van der Waals surface area contributed by atoms with Gasteiger partial charge in [0.2, 0.25) is 5.91 Å². The van der Waals surface area contributed by atoms with Gasteiger partial charge in [0, 0.05) is 24.1 Å². The molecule has 1 aromatic carbocycles. The zero-order chi connectivity index (χ0) is 14.6. The lowest BCUT2D eigenvalue weighted by molar-refractivity contribution is -0.119. The van der Waals surface area contributed by atoms with Crippen LogP contribution in [0.1, 0.15) is 28.9 Å². The molecule has 0 aromatic heterocycles. The highest BCUT2D eigenvalue weighted by Crippen LogP contribution is 2.28. The molecule has 0 aliphatic heterocycles. The number of carbonyl (C=O) groups excluding carboxylic acids is 1. The van der Waals surface area contributed by atoms with E-state index in [1.165, 1.54) is 25.1 Å². The monoisotopic (exact) mass is 287 g/mol. The van der Waals surface area contributed by atoms with E-state index >= 15 is 0 Å². The molecule has 19 heavy (non-hydrogen) atoms. The molecule has 0 aliphatic rings. The van der Waals surface area contributed by atoms with E-state index in [1.54, 1.807) is 0 Å². The van der Waals surface area contributed by atoms with Crippen LogP contribution in [0.5, 0.6) is 0 Å². The number of aliphatic hydroxyl groups excluding tert-OH is 2. The second-order valence-electron chi connectivity index (χ2n) is 3.96. The smallest absolute Gasteiger partial charge is 0.336 e. The van der Waals surface area contributed by atoms with E-state index < -0.39 is 18.2 Å². The van der Waals surface area contributed by atoms with Crippen molar-refractivity contribution in [3.63, 3.8) is 0 Å². The van der Waals surface area contributed by atoms with E-state index in [9.17, 15) is 19.8 Å². The summed E-state index contributed by atoms with van der Waals surface area (Å²) in [5.74, 6) is -1.63. The van der Waals surface area contributed by atoms with E-state index in [4.69, 9.17) is 16.7 Å². The van der Waals surface area contributed by atoms with Gasteiger partial charge in [-0.1, -0.05) is 17.7 Å². The Hall–Kier alpha value is -1.63. The molecule has 0 aliphatic carbocycles. The van der Waals surface area contributed by atoms with E-state index in [0.29, 0.717) is 0 Å². The molecular formula is C12H14ClNO5. The number of amides is 1. The third-order valence-electron chi connectivity index (χ3n) is 2.50. The summed E-state index contributed by atoms with van der Waals surface area (Å²) in [6.45, 7) is 1.05. The molecule has 0 saturated heterocycles. The first kappa shape index (κ1) is 15.4. The van der Waals surface area contributed by atoms with Crippen molar-refractivity contribution in [1.82, 2.24) is 5.32 Å². The van der Waals surface area contributed by atoms with Crippen molar-refractivity contribution in [3.05, 3.63) is 34.3 Å². The molecule has 0 bridgehead atoms. The lowest BCUT2D eigenvalue weighted by Crippen LogP contribution is -2.34. The summed E-state index contributed by atoms with van der Waals surface area (Å²) in [5.41, 5.74) is -0.267. The first-order valence-corrected chi connectivity index (χ1v) is 5.84. The Balaban J connectivity index is 3.01. The largest absolute Gasteiger partial charge is 0.478 e. The number of carboxylic acid groups (broad SMARTS) is 1. The molecular weight excluding hydrogens is 274 g/mol. The van der Waals surface area contributed by atoms with Crippen molar-refractivity contribution in [2.75, 3.05) is 6.54 Å². The fourth-order valence-corrected chi connectivity index (χ4v) is 1.86. The van der Waals surface area contributed by atoms with Crippen LogP contribution in [0.25, 0.3) is 0 Å². The number of carbonyl (C=O) groups is 2. The highest BCUT2D eigenvalue weighted by Gasteiger charge is 2.26. The number of hydrogen-bond donors (Lipinski definition) is 4. The van der Waals surface area contributed by atoms with Gasteiger partial charge in [-0.05, 0) is 12.1 Å². The second kappa shape index (κ2) is 6.51. The lowest BCUT2D eigenvalue weighted by Gasteiger charge is -2.20. The SMILES string of the molecule is CC(=O)NCC(O)C(O)c1c(Cl)cccc1C(=O)O. The number of carboxylic acids is 1. The third kappa shape index (κ3) is 3.92. The number of hydrogen-bond acceptors (Lipinski definition) is 4. The lowest BCUT2D eigenvalue weighted by atomic mass is 9.98. The van der Waals surface area contributed by atoms with Crippen LogP contribution in [0, 0.1) is 0 Å². The summed E-state index contributed by atoms with van der Waals surface area (Å²) < 4.78 is 0. The summed E-state index contributed by atoms with van der Waals surface area (Å²) in [7, 11) is 0. The van der Waals surface area contributed by atoms with Crippen LogP contribution in [0.15, 0.2) is 18.2 Å². The molecule has 7 heteroatoms. The molecule has 4 N–H and O–H groups in total. The number of halogens is 1. The Morgan fingerprint density at radius 1 is 1.37 bits per heavy atom. The molecule has 0 radical (unpaired) electrons. The highest BCUT2D eigenvalue weighted by molar-refractivity contribution is 6.31. The van der Waals surface area contributed by atoms with Gasteiger partial charge in [-0.25, -0.2) is 4.79 Å². The molecule has 0 spiro atoms. The van der Waals surface area contributed by atoms with E-state index in [1.807, 2.05) is 0 Å². The predicted octanol–water partition coefficient (Wildman–Crippen LogP) is 0.569. The van der Waals surface area contributed by atoms with Crippen molar-refractivity contribution in [2.45, 2.75) is 19.1 Å². The molecule has 104 valence electrons. The predicted molar refractivity (Wildman–Crippen MR) is 68.1 cm³/mol. The molecule has 1 amide bonds. The van der Waals surface area contributed by atoms with Crippen LogP contribution in [0.4, 0.5) is 0 Å². The first-order valence-electron chi connectivity index (χ1n) is 5.47. The van der Waals surface area contributed by atoms with Crippen molar-refractivity contribution < 1.29 is 24.9 Å². The minimum Gasteiger partial charge on any atom is -0.478 e. The zero-order valence-electron chi connectivity index (χ0n) is 10.1. The van der Waals surface area contributed by atoms with Crippen molar-refractivity contribution in [1.29, 1.82) is 0 Å². The fraction of sp³-hybridized carbons (Fsp3) is 0.333. The summed E-state index contributed by atoms with van der Waals surface area (Å²) >= 11 is 5.85. The Kier molecular flexibility index (Phi) is 5.29. The topological polar surface area (TPSA) is 107 Å². The van der Waals surface area contributed by atoms with Crippen molar-refractivity contribution in [3.8, 4) is 0 Å². The number of benzene rings is 1. The van der Waals surface area contributed by atoms with Crippen LogP contribution in [-0.2, 0) is 4.79 Å². The van der Waals surface area contributed by atoms with Gasteiger partial charge in [-0.3, -0.25) is 4.79 Å². The molecule has 0 heterocycles. The zero-order valence-corrected chi connectivity index (χ0v) is 10.9. The number of aromatic carboxylic acids is 1. The van der Waals surface area contributed by atoms with Crippen LogP contribution in [-0.4, -0.2) is 39.8 Å². The maximum atomic E-state index is 11.0. The van der Waals surface area contributed by atoms with Crippen LogP contribution in [0.2, 0.25) is 5.02 Å². The average Bonchev–Trinajstić information content (AvgIpc) is 2.34. The van der Waals surface area contributed by atoms with Gasteiger partial charge in [-0.2, -0.15) is 0 Å². The minimum atomic E-state index is -1.51. The minimum absolute atomic E-state index is 0.0364. The number of rotatable bonds is 5. The Morgan fingerprint density at radius 3 is 2.53 bits per heavy atom. The molecule has 2 unspecified atom stereocenters. The van der Waals surface area contributed by atoms with Crippen LogP contribution >= 0.6 is 11.6 Å². The average molecular weight is 288 g/mol. The Bertz CT molecular complexity index is 491. The van der Waals surface area contributed by atoms with Gasteiger partial charge >= 0.3 is 5.97 Å². The summed E-state index contributed by atoms with van der Waals surface area (Å²) in [5, 5.41) is 31.1. The molecule has 0 saturated carbocycles. The van der Waals surface area contributed by atoms with Crippen molar-refractivity contribution in [2.24, 2.45) is 0 Å². The maximum Gasteiger partial charge on any atom is 0.336 e. The molecule has 1 aromatic rings. The van der Waals surface area contributed by atoms with Gasteiger partial charge < -0.3 is 20.6 Å². The van der Waals surface area contributed by atoms with Crippen LogP contribution < -0.4 is 5.32 Å². The molecule has 6 nitrogen and oxygen atoms in total. The highest BCUT2D eigenvalue weighted by atomic mass is 35.5. The number of nitrogens with one attached hydrogen (secondary N) is 1. The maximum absolute atomic E-state index is 11.0. The number of aliphatic hydroxyl groups is 2. The fourth-order valence-electron chi connectivity index (χ4n) is 1.58. The quantitative estimate of drug-likeness (QED) is 0.633. The van der Waals surface area contributed by atoms with Gasteiger partial charge in [0.25, 0.3) is 0 Å². The first-order chi connectivity index (χ1) is 8.84. The van der Waals surface area contributed by atoms with E-state index in [2.05, 4.69) is 5.32 Å². The van der Waals surface area contributed by atoms with Gasteiger partial charge in [0.05, 0.1) is 5.56 Å². The third-order valence-corrected chi connectivity index (χ3v) is 2.83. The molecule has 2 atom stereocenters. The normalized spacial score (nSPS) is 13.7. The van der Waals surface area contributed by atoms with Crippen molar-refractivity contribution >= 4 is 23.5 Å². The summed E-state index contributed by atoms with van der Waals surface area (Å²) in [4.78, 5) is 21.8. The van der Waals surface area contributed by atoms with E-state index in [0.717, 1.165) is 0 Å². The van der Waals surface area contributed by atoms with Gasteiger partial charge in [0.1, 0.15) is 12.2 Å². The van der Waals surface area contributed by atoms with Gasteiger partial charge in [-0.15, -0.1) is 0 Å². The van der Waals surface area contributed by atoms with Crippen LogP contribution in [0.3, 0.4) is 0 Å². The summed E-state index contributed by atoms with van der Waals surface area (Å²) in [6.07, 6.45) is -2.87. The second-order valence-corrected chi connectivity index (χ2v) is 4.36. The standard InChI is InChI=1S/C12H14ClNO5/c1-6(15)14-5-9(16)11(17)10-7(12(18)19)3-2-4-8(10)13/h2-4,9,11,16-17H,5H2,1H3,(H,14,15)(H,18,19).